The molecule has 0 radical (unpaired) electrons. The van der Waals surface area contributed by atoms with E-state index in [9.17, 15) is 4.79 Å². The van der Waals surface area contributed by atoms with Crippen LogP contribution in [0.4, 0.5) is 0 Å². The van der Waals surface area contributed by atoms with Crippen molar-refractivity contribution < 1.29 is 14.3 Å². The third-order valence-electron chi connectivity index (χ3n) is 4.49. The maximum atomic E-state index is 12.9. The average Bonchev–Trinajstić information content (AvgIpc) is 3.22. The number of rotatable bonds is 4. The summed E-state index contributed by atoms with van der Waals surface area (Å²) in [6.45, 7) is 2.70. The Morgan fingerprint density at radius 3 is 2.74 bits per heavy atom. The van der Waals surface area contributed by atoms with Crippen LogP contribution in [0, 0.1) is 6.92 Å². The Labute approximate surface area is 136 Å². The number of H-pyrrole nitrogens is 1. The van der Waals surface area contributed by atoms with Crippen molar-refractivity contribution in [2.75, 3.05) is 20.8 Å². The minimum atomic E-state index is 0.0156. The van der Waals surface area contributed by atoms with Gasteiger partial charge in [-0.05, 0) is 43.5 Å². The van der Waals surface area contributed by atoms with Crippen molar-refractivity contribution in [2.24, 2.45) is 0 Å². The summed E-state index contributed by atoms with van der Waals surface area (Å²) in [5, 5.41) is 0. The first kappa shape index (κ1) is 15.5. The van der Waals surface area contributed by atoms with Gasteiger partial charge in [0.25, 0.3) is 5.91 Å². The number of amides is 1. The number of carbonyl (C=O) groups excluding carboxylic acids is 1. The first-order chi connectivity index (χ1) is 11.2. The number of ether oxygens (including phenoxy) is 2. The molecule has 1 aromatic heterocycles. The number of hydrogen-bond donors (Lipinski definition) is 1. The summed E-state index contributed by atoms with van der Waals surface area (Å²) in [6.07, 6.45) is 5.54. The number of carbonyl (C=O) groups is 1. The maximum Gasteiger partial charge on any atom is 0.256 e. The van der Waals surface area contributed by atoms with Gasteiger partial charge in [0.15, 0.2) is 0 Å². The van der Waals surface area contributed by atoms with Gasteiger partial charge in [-0.1, -0.05) is 0 Å². The van der Waals surface area contributed by atoms with E-state index in [1.54, 1.807) is 20.4 Å². The van der Waals surface area contributed by atoms with E-state index in [1.807, 2.05) is 36.2 Å². The van der Waals surface area contributed by atoms with Crippen LogP contribution >= 0.6 is 0 Å². The molecule has 5 nitrogen and oxygen atoms in total. The second kappa shape index (κ2) is 6.36. The quantitative estimate of drug-likeness (QED) is 0.942. The molecule has 1 aliphatic heterocycles. The van der Waals surface area contributed by atoms with Gasteiger partial charge in [-0.25, -0.2) is 0 Å². The molecule has 0 saturated carbocycles. The van der Waals surface area contributed by atoms with Crippen LogP contribution in [-0.2, 0) is 0 Å². The number of aromatic amines is 1. The highest BCUT2D eigenvalue weighted by atomic mass is 16.5. The fourth-order valence-corrected chi connectivity index (χ4v) is 3.26. The lowest BCUT2D eigenvalue weighted by Crippen LogP contribution is -2.31. The second-order valence-corrected chi connectivity index (χ2v) is 5.82. The summed E-state index contributed by atoms with van der Waals surface area (Å²) >= 11 is 0. The fraction of sp³-hybridized carbons (Fsp3) is 0.389. The van der Waals surface area contributed by atoms with E-state index >= 15 is 0 Å². The van der Waals surface area contributed by atoms with E-state index in [0.717, 1.165) is 47.6 Å². The molecule has 0 spiro atoms. The highest BCUT2D eigenvalue weighted by molar-refractivity contribution is 5.96. The van der Waals surface area contributed by atoms with Gasteiger partial charge in [-0.3, -0.25) is 4.79 Å². The summed E-state index contributed by atoms with van der Waals surface area (Å²) < 4.78 is 10.8. The SMILES string of the molecule is COc1ccc(OC)c([C@@H]2CCCN2C(=O)c2c[nH]cc2C)c1. The van der Waals surface area contributed by atoms with E-state index in [4.69, 9.17) is 9.47 Å². The largest absolute Gasteiger partial charge is 0.497 e. The molecule has 0 aliphatic carbocycles. The molecule has 2 aromatic rings. The van der Waals surface area contributed by atoms with Crippen LogP contribution in [0.5, 0.6) is 11.5 Å². The third kappa shape index (κ3) is 2.79. The highest BCUT2D eigenvalue weighted by Gasteiger charge is 2.33. The summed E-state index contributed by atoms with van der Waals surface area (Å²) in [5.41, 5.74) is 2.71. The van der Waals surface area contributed by atoms with Crippen LogP contribution in [0.1, 0.15) is 40.4 Å². The normalized spacial score (nSPS) is 17.3. The van der Waals surface area contributed by atoms with Crippen molar-refractivity contribution in [1.82, 2.24) is 9.88 Å². The molecule has 1 aliphatic rings. The molecule has 1 fully saturated rings. The molecule has 1 saturated heterocycles. The topological polar surface area (TPSA) is 54.6 Å². The van der Waals surface area contributed by atoms with E-state index in [2.05, 4.69) is 4.98 Å². The summed E-state index contributed by atoms with van der Waals surface area (Å²) in [6, 6.07) is 5.76. The smallest absolute Gasteiger partial charge is 0.256 e. The zero-order valence-corrected chi connectivity index (χ0v) is 13.8. The number of aryl methyl sites for hydroxylation is 1. The molecule has 1 aromatic carbocycles. The van der Waals surface area contributed by atoms with Crippen LogP contribution < -0.4 is 9.47 Å². The standard InChI is InChI=1S/C18H22N2O3/c1-12-10-19-11-15(12)18(21)20-8-4-5-16(20)14-9-13(22-2)6-7-17(14)23-3/h6-7,9-11,16,19H,4-5,8H2,1-3H3/t16-/m0/s1. The van der Waals surface area contributed by atoms with Gasteiger partial charge in [-0.2, -0.15) is 0 Å². The lowest BCUT2D eigenvalue weighted by molar-refractivity contribution is 0.0733. The fourth-order valence-electron chi connectivity index (χ4n) is 3.26. The van der Waals surface area contributed by atoms with E-state index in [0.29, 0.717) is 0 Å². The van der Waals surface area contributed by atoms with Crippen LogP contribution in [0.25, 0.3) is 0 Å². The zero-order chi connectivity index (χ0) is 16.4. The maximum absolute atomic E-state index is 12.9. The van der Waals surface area contributed by atoms with Gasteiger partial charge < -0.3 is 19.4 Å². The third-order valence-corrected chi connectivity index (χ3v) is 4.49. The van der Waals surface area contributed by atoms with Crippen molar-refractivity contribution in [3.8, 4) is 11.5 Å². The Hall–Kier alpha value is -2.43. The second-order valence-electron chi connectivity index (χ2n) is 5.82. The molecular formula is C18H22N2O3. The minimum Gasteiger partial charge on any atom is -0.497 e. The van der Waals surface area contributed by atoms with Crippen LogP contribution in [0.15, 0.2) is 30.6 Å². The molecule has 1 atom stereocenters. The predicted octanol–water partition coefficient (Wildman–Crippen LogP) is 3.32. The Bertz CT molecular complexity index is 708. The molecule has 3 rings (SSSR count). The molecule has 0 unspecified atom stereocenters. The first-order valence-corrected chi connectivity index (χ1v) is 7.82. The number of nitrogens with zero attached hydrogens (tertiary/aromatic N) is 1. The van der Waals surface area contributed by atoms with E-state index < -0.39 is 0 Å². The summed E-state index contributed by atoms with van der Waals surface area (Å²) in [5.74, 6) is 1.63. The number of aromatic nitrogens is 1. The average molecular weight is 314 g/mol. The lowest BCUT2D eigenvalue weighted by atomic mass is 10.0. The van der Waals surface area contributed by atoms with Crippen molar-refractivity contribution in [1.29, 1.82) is 0 Å². The lowest BCUT2D eigenvalue weighted by Gasteiger charge is -2.26. The summed E-state index contributed by atoms with van der Waals surface area (Å²) in [7, 11) is 3.30. The van der Waals surface area contributed by atoms with E-state index in [-0.39, 0.29) is 11.9 Å². The molecular weight excluding hydrogens is 292 g/mol. The zero-order valence-electron chi connectivity index (χ0n) is 13.8. The number of benzene rings is 1. The molecule has 0 bridgehead atoms. The van der Waals surface area contributed by atoms with Gasteiger partial charge in [0.1, 0.15) is 11.5 Å². The predicted molar refractivity (Wildman–Crippen MR) is 88.1 cm³/mol. The van der Waals surface area contributed by atoms with Gasteiger partial charge in [0.2, 0.25) is 0 Å². The monoisotopic (exact) mass is 314 g/mol. The van der Waals surface area contributed by atoms with Crippen LogP contribution in [0.3, 0.4) is 0 Å². The van der Waals surface area contributed by atoms with E-state index in [1.165, 1.54) is 0 Å². The number of likely N-dealkylation sites (tertiary alicyclic amines) is 1. The van der Waals surface area contributed by atoms with Gasteiger partial charge in [0, 0.05) is 24.5 Å². The molecule has 2 heterocycles. The first-order valence-electron chi connectivity index (χ1n) is 7.82. The van der Waals surface area contributed by atoms with Crippen LogP contribution in [0.2, 0.25) is 0 Å². The van der Waals surface area contributed by atoms with Gasteiger partial charge in [-0.15, -0.1) is 0 Å². The Morgan fingerprint density at radius 1 is 1.26 bits per heavy atom. The minimum absolute atomic E-state index is 0.0156. The van der Waals surface area contributed by atoms with Crippen molar-refractivity contribution in [3.63, 3.8) is 0 Å². The van der Waals surface area contributed by atoms with Crippen LogP contribution in [-0.4, -0.2) is 36.6 Å². The van der Waals surface area contributed by atoms with Gasteiger partial charge >= 0.3 is 0 Å². The Kier molecular flexibility index (Phi) is 4.28. The number of methoxy groups -OCH3 is 2. The van der Waals surface area contributed by atoms with Crippen molar-refractivity contribution >= 4 is 5.91 Å². The van der Waals surface area contributed by atoms with Crippen molar-refractivity contribution in [2.45, 2.75) is 25.8 Å². The molecule has 1 amide bonds. The molecule has 122 valence electrons. The molecule has 5 heteroatoms. The van der Waals surface area contributed by atoms with Crippen molar-refractivity contribution in [3.05, 3.63) is 47.3 Å². The number of nitrogens with one attached hydrogen (secondary N) is 1. The molecule has 23 heavy (non-hydrogen) atoms. The Balaban J connectivity index is 1.96. The van der Waals surface area contributed by atoms with Gasteiger partial charge in [0.05, 0.1) is 25.8 Å². The summed E-state index contributed by atoms with van der Waals surface area (Å²) in [4.78, 5) is 17.8. The highest BCUT2D eigenvalue weighted by Crippen LogP contribution is 2.39. The Morgan fingerprint density at radius 2 is 2.09 bits per heavy atom. The number of hydrogen-bond acceptors (Lipinski definition) is 3. The molecule has 1 N–H and O–H groups in total.